The molecule has 2 N–H and O–H groups in total. The second-order valence-electron chi connectivity index (χ2n) is 5.93. The first-order chi connectivity index (χ1) is 10.1. The van der Waals surface area contributed by atoms with Gasteiger partial charge in [0.1, 0.15) is 5.75 Å². The van der Waals surface area contributed by atoms with Crippen molar-refractivity contribution >= 4 is 5.91 Å². The zero-order valence-electron chi connectivity index (χ0n) is 13.0. The zero-order chi connectivity index (χ0) is 15.1. The minimum atomic E-state index is -0.0156. The molecule has 1 saturated heterocycles. The van der Waals surface area contributed by atoms with Gasteiger partial charge in [0, 0.05) is 12.1 Å². The van der Waals surface area contributed by atoms with Crippen LogP contribution in [0.4, 0.5) is 0 Å². The fourth-order valence-electron chi connectivity index (χ4n) is 2.65. The minimum Gasteiger partial charge on any atom is -0.491 e. The van der Waals surface area contributed by atoms with Crippen LogP contribution >= 0.6 is 0 Å². The molecule has 0 aliphatic carbocycles. The van der Waals surface area contributed by atoms with Crippen LogP contribution in [0, 0.1) is 5.92 Å². The molecule has 0 unspecified atom stereocenters. The zero-order valence-corrected chi connectivity index (χ0v) is 13.0. The molecule has 21 heavy (non-hydrogen) atoms. The second kappa shape index (κ2) is 8.03. The van der Waals surface area contributed by atoms with Crippen LogP contribution in [0.15, 0.2) is 24.3 Å². The lowest BCUT2D eigenvalue weighted by molar-refractivity contribution is 0.0950. The summed E-state index contributed by atoms with van der Waals surface area (Å²) in [5.41, 5.74) is 0.665. The van der Waals surface area contributed by atoms with Gasteiger partial charge >= 0.3 is 0 Å². The van der Waals surface area contributed by atoms with Crippen LogP contribution in [-0.4, -0.2) is 31.6 Å². The predicted octanol–water partition coefficient (Wildman–Crippen LogP) is 2.59. The van der Waals surface area contributed by atoms with Gasteiger partial charge in [-0.1, -0.05) is 6.07 Å². The molecule has 1 aliphatic heterocycles. The predicted molar refractivity (Wildman–Crippen MR) is 84.7 cm³/mol. The Morgan fingerprint density at radius 1 is 1.38 bits per heavy atom. The van der Waals surface area contributed by atoms with E-state index >= 15 is 0 Å². The molecule has 1 aromatic rings. The van der Waals surface area contributed by atoms with Crippen molar-refractivity contribution in [1.29, 1.82) is 0 Å². The SMILES string of the molecule is CC(C)Oc1cccc(C(=O)NCCC2CCNCC2)c1. The number of carbonyl (C=O) groups excluding carboxylic acids is 1. The van der Waals surface area contributed by atoms with Crippen LogP contribution in [-0.2, 0) is 0 Å². The summed E-state index contributed by atoms with van der Waals surface area (Å²) in [6.07, 6.45) is 3.61. The van der Waals surface area contributed by atoms with Gasteiger partial charge in [0.25, 0.3) is 5.91 Å². The molecule has 0 bridgehead atoms. The number of ether oxygens (including phenoxy) is 1. The van der Waals surface area contributed by atoms with E-state index in [1.165, 1.54) is 12.8 Å². The molecule has 0 atom stereocenters. The van der Waals surface area contributed by atoms with E-state index in [1.807, 2.05) is 32.0 Å². The molecule has 1 aliphatic rings. The molecule has 0 aromatic heterocycles. The highest BCUT2D eigenvalue weighted by atomic mass is 16.5. The highest BCUT2D eigenvalue weighted by molar-refractivity contribution is 5.94. The Bertz CT molecular complexity index is 454. The lowest BCUT2D eigenvalue weighted by Crippen LogP contribution is -2.31. The van der Waals surface area contributed by atoms with Crippen molar-refractivity contribution in [2.24, 2.45) is 5.92 Å². The Morgan fingerprint density at radius 2 is 2.14 bits per heavy atom. The van der Waals surface area contributed by atoms with Crippen molar-refractivity contribution in [2.75, 3.05) is 19.6 Å². The molecule has 1 heterocycles. The van der Waals surface area contributed by atoms with Crippen LogP contribution in [0.25, 0.3) is 0 Å². The van der Waals surface area contributed by atoms with Crippen LogP contribution in [0.3, 0.4) is 0 Å². The fourth-order valence-corrected chi connectivity index (χ4v) is 2.65. The van der Waals surface area contributed by atoms with Gasteiger partial charge in [-0.25, -0.2) is 0 Å². The van der Waals surface area contributed by atoms with E-state index in [-0.39, 0.29) is 12.0 Å². The molecular weight excluding hydrogens is 264 g/mol. The number of hydrogen-bond donors (Lipinski definition) is 2. The minimum absolute atomic E-state index is 0.0156. The molecule has 1 fully saturated rings. The topological polar surface area (TPSA) is 50.4 Å². The number of hydrogen-bond acceptors (Lipinski definition) is 3. The first kappa shape index (κ1) is 15.8. The quantitative estimate of drug-likeness (QED) is 0.846. The molecule has 4 heteroatoms. The van der Waals surface area contributed by atoms with Crippen LogP contribution in [0.2, 0.25) is 0 Å². The smallest absolute Gasteiger partial charge is 0.251 e. The van der Waals surface area contributed by atoms with Crippen LogP contribution in [0.1, 0.15) is 43.5 Å². The van der Waals surface area contributed by atoms with Gasteiger partial charge in [0.05, 0.1) is 6.10 Å². The summed E-state index contributed by atoms with van der Waals surface area (Å²) in [5.74, 6) is 1.47. The van der Waals surface area contributed by atoms with Crippen molar-refractivity contribution in [1.82, 2.24) is 10.6 Å². The third-order valence-corrected chi connectivity index (χ3v) is 3.76. The Kier molecular flexibility index (Phi) is 6.05. The average Bonchev–Trinajstić information content (AvgIpc) is 2.48. The van der Waals surface area contributed by atoms with E-state index < -0.39 is 0 Å². The molecule has 0 radical (unpaired) electrons. The van der Waals surface area contributed by atoms with Gasteiger partial charge in [0.2, 0.25) is 0 Å². The lowest BCUT2D eigenvalue weighted by atomic mass is 9.95. The van der Waals surface area contributed by atoms with E-state index in [9.17, 15) is 4.79 Å². The van der Waals surface area contributed by atoms with E-state index in [1.54, 1.807) is 6.07 Å². The number of nitrogens with one attached hydrogen (secondary N) is 2. The number of amides is 1. The summed E-state index contributed by atoms with van der Waals surface area (Å²) in [6, 6.07) is 7.37. The molecule has 1 amide bonds. The summed E-state index contributed by atoms with van der Waals surface area (Å²) < 4.78 is 5.62. The Hall–Kier alpha value is -1.55. The highest BCUT2D eigenvalue weighted by Gasteiger charge is 2.13. The van der Waals surface area contributed by atoms with Gasteiger partial charge < -0.3 is 15.4 Å². The van der Waals surface area contributed by atoms with Crippen molar-refractivity contribution in [3.05, 3.63) is 29.8 Å². The van der Waals surface area contributed by atoms with E-state index in [0.717, 1.165) is 37.7 Å². The van der Waals surface area contributed by atoms with Gasteiger partial charge in [-0.3, -0.25) is 4.79 Å². The summed E-state index contributed by atoms with van der Waals surface area (Å²) in [5, 5.41) is 6.37. The first-order valence-corrected chi connectivity index (χ1v) is 7.91. The number of carbonyl (C=O) groups is 1. The monoisotopic (exact) mass is 290 g/mol. The summed E-state index contributed by atoms with van der Waals surface area (Å²) >= 11 is 0. The van der Waals surface area contributed by atoms with Crippen LogP contribution in [0.5, 0.6) is 5.75 Å². The third kappa shape index (κ3) is 5.38. The Labute approximate surface area is 127 Å². The fraction of sp³-hybridized carbons (Fsp3) is 0.588. The van der Waals surface area contributed by atoms with Crippen molar-refractivity contribution in [2.45, 2.75) is 39.2 Å². The summed E-state index contributed by atoms with van der Waals surface area (Å²) in [7, 11) is 0. The molecule has 0 spiro atoms. The maximum absolute atomic E-state index is 12.1. The third-order valence-electron chi connectivity index (χ3n) is 3.76. The maximum Gasteiger partial charge on any atom is 0.251 e. The van der Waals surface area contributed by atoms with Crippen LogP contribution < -0.4 is 15.4 Å². The molecule has 1 aromatic carbocycles. The van der Waals surface area contributed by atoms with Gasteiger partial charge in [-0.15, -0.1) is 0 Å². The van der Waals surface area contributed by atoms with Crippen molar-refractivity contribution < 1.29 is 9.53 Å². The van der Waals surface area contributed by atoms with E-state index in [4.69, 9.17) is 4.74 Å². The van der Waals surface area contributed by atoms with Gasteiger partial charge in [-0.05, 0) is 70.3 Å². The molecule has 2 rings (SSSR count). The first-order valence-electron chi connectivity index (χ1n) is 7.91. The number of rotatable bonds is 6. The summed E-state index contributed by atoms with van der Waals surface area (Å²) in [4.78, 5) is 12.1. The lowest BCUT2D eigenvalue weighted by Gasteiger charge is -2.22. The molecule has 4 nitrogen and oxygen atoms in total. The number of piperidine rings is 1. The van der Waals surface area contributed by atoms with Gasteiger partial charge in [-0.2, -0.15) is 0 Å². The maximum atomic E-state index is 12.1. The van der Waals surface area contributed by atoms with Crippen molar-refractivity contribution in [3.63, 3.8) is 0 Å². The molecule has 0 saturated carbocycles. The summed E-state index contributed by atoms with van der Waals surface area (Å²) in [6.45, 7) is 6.91. The second-order valence-corrected chi connectivity index (χ2v) is 5.93. The number of benzene rings is 1. The largest absolute Gasteiger partial charge is 0.491 e. The Morgan fingerprint density at radius 3 is 2.86 bits per heavy atom. The van der Waals surface area contributed by atoms with E-state index in [2.05, 4.69) is 10.6 Å². The standard InChI is InChI=1S/C17H26N2O2/c1-13(2)21-16-5-3-4-15(12-16)17(20)19-11-8-14-6-9-18-10-7-14/h3-5,12-14,18H,6-11H2,1-2H3,(H,19,20). The van der Waals surface area contributed by atoms with Gasteiger partial charge in [0.15, 0.2) is 0 Å². The molecule has 116 valence electrons. The average molecular weight is 290 g/mol. The Balaban J connectivity index is 1.79. The van der Waals surface area contributed by atoms with E-state index in [0.29, 0.717) is 5.56 Å². The molecular formula is C17H26N2O2. The van der Waals surface area contributed by atoms with Crippen molar-refractivity contribution in [3.8, 4) is 5.75 Å². The normalized spacial score (nSPS) is 16.0. The highest BCUT2D eigenvalue weighted by Crippen LogP contribution is 2.16.